The van der Waals surface area contributed by atoms with Crippen LogP contribution in [0.4, 0.5) is 5.69 Å². The van der Waals surface area contributed by atoms with Crippen molar-refractivity contribution < 1.29 is 14.3 Å². The van der Waals surface area contributed by atoms with E-state index in [0.717, 1.165) is 11.6 Å². The topological polar surface area (TPSA) is 86.1 Å². The van der Waals surface area contributed by atoms with Gasteiger partial charge in [0.15, 0.2) is 22.9 Å². The van der Waals surface area contributed by atoms with Gasteiger partial charge >= 0.3 is 0 Å². The summed E-state index contributed by atoms with van der Waals surface area (Å²) < 4.78 is 8.28. The van der Waals surface area contributed by atoms with Gasteiger partial charge in [-0.15, -0.1) is 10.2 Å². The predicted octanol–water partition coefficient (Wildman–Crippen LogP) is 6.91. The largest absolute Gasteiger partial charge is 0.483 e. The van der Waals surface area contributed by atoms with Crippen molar-refractivity contribution in [3.63, 3.8) is 0 Å². The molecule has 1 N–H and O–H groups in total. The molecular weight excluding hydrogens is 484 g/mol. The van der Waals surface area contributed by atoms with Crippen LogP contribution < -0.4 is 10.1 Å². The van der Waals surface area contributed by atoms with Gasteiger partial charge in [-0.05, 0) is 61.9 Å². The third kappa shape index (κ3) is 7.68. The number of aromatic nitrogens is 3. The number of ketones is 1. The number of anilines is 1. The van der Waals surface area contributed by atoms with Crippen LogP contribution in [0, 0.1) is 5.92 Å². The van der Waals surface area contributed by atoms with E-state index in [-0.39, 0.29) is 23.0 Å². The number of ether oxygens (including phenoxy) is 1. The van der Waals surface area contributed by atoms with Gasteiger partial charge in [-0.2, -0.15) is 0 Å². The van der Waals surface area contributed by atoms with Gasteiger partial charge in [-0.1, -0.05) is 70.6 Å². The summed E-state index contributed by atoms with van der Waals surface area (Å²) in [5.74, 6) is 2.15. The van der Waals surface area contributed by atoms with Gasteiger partial charge in [-0.25, -0.2) is 0 Å². The van der Waals surface area contributed by atoms with Gasteiger partial charge in [0.1, 0.15) is 5.75 Å². The van der Waals surface area contributed by atoms with Crippen LogP contribution in [0.1, 0.15) is 88.7 Å². The van der Waals surface area contributed by atoms with Crippen LogP contribution in [0.5, 0.6) is 5.75 Å². The molecule has 2 aromatic carbocycles. The second-order valence-corrected chi connectivity index (χ2v) is 11.1. The maximum absolute atomic E-state index is 13.1. The number of amides is 1. The van der Waals surface area contributed by atoms with Gasteiger partial charge in [-0.3, -0.25) is 9.59 Å². The number of thioether (sulfide) groups is 1. The summed E-state index contributed by atoms with van der Waals surface area (Å²) >= 11 is 1.40. The molecule has 0 saturated carbocycles. The Morgan fingerprint density at radius 2 is 1.73 bits per heavy atom. The number of carbonyl (C=O) groups excluding carboxylic acids is 2. The second-order valence-electron chi connectivity index (χ2n) is 9.97. The van der Waals surface area contributed by atoms with Gasteiger partial charge < -0.3 is 14.6 Å². The zero-order valence-corrected chi connectivity index (χ0v) is 23.6. The SMILES string of the molecule is CCC(Sc1nnc(C(C)Oc2ccc(C(C)C)cc2)n1CC(C)C)C(=O)Nc1cccc(C(C)=O)c1. The van der Waals surface area contributed by atoms with Crippen LogP contribution in [0.3, 0.4) is 0 Å². The minimum Gasteiger partial charge on any atom is -0.483 e. The molecule has 198 valence electrons. The highest BCUT2D eigenvalue weighted by Crippen LogP contribution is 2.30. The zero-order chi connectivity index (χ0) is 27.1. The second kappa shape index (κ2) is 12.9. The van der Waals surface area contributed by atoms with Crippen LogP contribution >= 0.6 is 11.8 Å². The molecule has 1 amide bonds. The van der Waals surface area contributed by atoms with Gasteiger partial charge in [0.2, 0.25) is 5.91 Å². The first-order valence-electron chi connectivity index (χ1n) is 12.9. The fraction of sp³-hybridized carbons (Fsp3) is 0.448. The number of rotatable bonds is 12. The van der Waals surface area contributed by atoms with E-state index in [1.807, 2.05) is 26.0 Å². The molecular formula is C29H38N4O3S. The van der Waals surface area contributed by atoms with E-state index in [9.17, 15) is 9.59 Å². The van der Waals surface area contributed by atoms with Crippen LogP contribution in [0.2, 0.25) is 0 Å². The number of nitrogens with zero attached hydrogens (tertiary/aromatic N) is 3. The summed E-state index contributed by atoms with van der Waals surface area (Å²) in [6.45, 7) is 14.8. The van der Waals surface area contributed by atoms with E-state index in [4.69, 9.17) is 4.74 Å². The fourth-order valence-electron chi connectivity index (χ4n) is 3.90. The molecule has 0 aliphatic rings. The van der Waals surface area contributed by atoms with E-state index in [2.05, 4.69) is 59.9 Å². The van der Waals surface area contributed by atoms with Crippen LogP contribution in [-0.2, 0) is 11.3 Å². The molecule has 0 saturated heterocycles. The Kier molecular flexibility index (Phi) is 9.92. The Labute approximate surface area is 224 Å². The summed E-state index contributed by atoms with van der Waals surface area (Å²) in [7, 11) is 0. The Morgan fingerprint density at radius 1 is 1.03 bits per heavy atom. The molecule has 8 heteroatoms. The molecule has 0 radical (unpaired) electrons. The van der Waals surface area contributed by atoms with E-state index in [1.54, 1.807) is 24.3 Å². The van der Waals surface area contributed by atoms with Crippen molar-refractivity contribution in [3.8, 4) is 5.75 Å². The maximum atomic E-state index is 13.1. The van der Waals surface area contributed by atoms with Crippen molar-refractivity contribution in [2.45, 2.75) is 83.9 Å². The molecule has 3 rings (SSSR count). The van der Waals surface area contributed by atoms with Crippen molar-refractivity contribution in [1.82, 2.24) is 14.8 Å². The summed E-state index contributed by atoms with van der Waals surface area (Å²) in [6, 6.07) is 15.1. The quantitative estimate of drug-likeness (QED) is 0.205. The molecule has 1 heterocycles. The van der Waals surface area contributed by atoms with Crippen LogP contribution in [-0.4, -0.2) is 31.7 Å². The number of Topliss-reactive ketones (excluding diaryl/α,β-unsaturated/α-hetero) is 1. The summed E-state index contributed by atoms with van der Waals surface area (Å²) in [4.78, 5) is 24.8. The average Bonchev–Trinajstić information content (AvgIpc) is 3.24. The average molecular weight is 523 g/mol. The lowest BCUT2D eigenvalue weighted by Crippen LogP contribution is -2.25. The van der Waals surface area contributed by atoms with E-state index in [1.165, 1.54) is 24.2 Å². The van der Waals surface area contributed by atoms with Crippen molar-refractivity contribution in [2.75, 3.05) is 5.32 Å². The van der Waals surface area contributed by atoms with Crippen LogP contribution in [0.15, 0.2) is 53.7 Å². The van der Waals surface area contributed by atoms with Crippen LogP contribution in [0.25, 0.3) is 0 Å². The highest BCUT2D eigenvalue weighted by molar-refractivity contribution is 8.00. The standard InChI is InChI=1S/C29H38N4O3S/c1-8-26(28(35)30-24-11-9-10-23(16-24)20(6)34)37-29-32-31-27(33(29)17-18(2)3)21(7)36-25-14-12-22(13-15-25)19(4)5/h9-16,18-19,21,26H,8,17H2,1-7H3,(H,30,35). The Morgan fingerprint density at radius 3 is 2.32 bits per heavy atom. The smallest absolute Gasteiger partial charge is 0.237 e. The van der Waals surface area contributed by atoms with Crippen molar-refractivity contribution in [3.05, 3.63) is 65.5 Å². The lowest BCUT2D eigenvalue weighted by Gasteiger charge is -2.19. The summed E-state index contributed by atoms with van der Waals surface area (Å²) in [5, 5.41) is 12.2. The molecule has 1 aromatic heterocycles. The molecule has 7 nitrogen and oxygen atoms in total. The Balaban J connectivity index is 1.78. The summed E-state index contributed by atoms with van der Waals surface area (Å²) in [5.41, 5.74) is 2.43. The van der Waals surface area contributed by atoms with E-state index < -0.39 is 0 Å². The van der Waals surface area contributed by atoms with Gasteiger partial charge in [0.25, 0.3) is 0 Å². The molecule has 2 unspecified atom stereocenters. The highest BCUT2D eigenvalue weighted by atomic mass is 32.2. The first-order valence-corrected chi connectivity index (χ1v) is 13.7. The molecule has 0 aliphatic carbocycles. The molecule has 0 bridgehead atoms. The predicted molar refractivity (Wildman–Crippen MR) is 149 cm³/mol. The first kappa shape index (κ1) is 28.4. The molecule has 37 heavy (non-hydrogen) atoms. The minimum atomic E-state index is -0.372. The minimum absolute atomic E-state index is 0.0426. The van der Waals surface area contributed by atoms with Crippen molar-refractivity contribution in [2.24, 2.45) is 5.92 Å². The molecule has 2 atom stereocenters. The molecule has 0 fully saturated rings. The molecule has 0 aliphatic heterocycles. The van der Waals surface area contributed by atoms with Gasteiger partial charge in [0.05, 0.1) is 5.25 Å². The lowest BCUT2D eigenvalue weighted by atomic mass is 10.0. The zero-order valence-electron chi connectivity index (χ0n) is 22.8. The maximum Gasteiger partial charge on any atom is 0.237 e. The third-order valence-corrected chi connectivity index (χ3v) is 7.31. The molecule has 0 spiro atoms. The van der Waals surface area contributed by atoms with Gasteiger partial charge in [0, 0.05) is 17.8 Å². The summed E-state index contributed by atoms with van der Waals surface area (Å²) in [6.07, 6.45) is 0.301. The Hall–Kier alpha value is -3.13. The number of benzene rings is 2. The van der Waals surface area contributed by atoms with E-state index in [0.29, 0.717) is 41.2 Å². The van der Waals surface area contributed by atoms with Crippen molar-refractivity contribution in [1.29, 1.82) is 0 Å². The lowest BCUT2D eigenvalue weighted by molar-refractivity contribution is -0.115. The highest BCUT2D eigenvalue weighted by Gasteiger charge is 2.25. The van der Waals surface area contributed by atoms with E-state index >= 15 is 0 Å². The molecule has 3 aromatic rings. The monoisotopic (exact) mass is 522 g/mol. The number of carbonyl (C=O) groups is 2. The number of nitrogens with one attached hydrogen (secondary N) is 1. The number of hydrogen-bond acceptors (Lipinski definition) is 6. The third-order valence-electron chi connectivity index (χ3n) is 5.96. The first-order chi connectivity index (χ1) is 17.6. The Bertz CT molecular complexity index is 1200. The number of hydrogen-bond donors (Lipinski definition) is 1. The fourth-order valence-corrected chi connectivity index (χ4v) is 4.87. The normalized spacial score (nSPS) is 13.0. The van der Waals surface area contributed by atoms with Crippen molar-refractivity contribution >= 4 is 29.1 Å².